The maximum absolute atomic E-state index is 4.69. The minimum atomic E-state index is 0.778. The molecule has 0 radical (unpaired) electrons. The first-order valence-corrected chi connectivity index (χ1v) is 9.85. The summed E-state index contributed by atoms with van der Waals surface area (Å²) >= 11 is 0. The minimum absolute atomic E-state index is 0.778. The molecule has 0 saturated carbocycles. The fraction of sp³-hybridized carbons (Fsp3) is 0.550. The van der Waals surface area contributed by atoms with Crippen LogP contribution in [0, 0.1) is 0 Å². The van der Waals surface area contributed by atoms with E-state index < -0.39 is 0 Å². The molecule has 2 heterocycles. The molecule has 1 aliphatic rings. The molecule has 2 aromatic rings. The first-order chi connectivity index (χ1) is 12.9. The Balaban J connectivity index is 1.44. The van der Waals surface area contributed by atoms with Crippen molar-refractivity contribution in [3.05, 3.63) is 41.9 Å². The molecule has 2 N–H and O–H groups in total. The molecule has 0 unspecified atom stereocenters. The van der Waals surface area contributed by atoms with E-state index in [0.29, 0.717) is 0 Å². The molecule has 0 aromatic carbocycles. The number of hydrogen-bond acceptors (Lipinski definition) is 3. The predicted molar refractivity (Wildman–Crippen MR) is 106 cm³/mol. The molecular weight excluding hydrogens is 324 g/mol. The second kappa shape index (κ2) is 9.94. The predicted octanol–water partition coefficient (Wildman–Crippen LogP) is 3.11. The third-order valence-corrected chi connectivity index (χ3v) is 4.68. The summed E-state index contributed by atoms with van der Waals surface area (Å²) in [5, 5.41) is 15.3. The second-order valence-corrected chi connectivity index (χ2v) is 6.69. The van der Waals surface area contributed by atoms with Crippen LogP contribution in [0.15, 0.2) is 41.0 Å². The average Bonchev–Trinajstić information content (AvgIpc) is 3.09. The number of pyridine rings is 1. The zero-order chi connectivity index (χ0) is 18.0. The molecule has 6 nitrogen and oxygen atoms in total. The fourth-order valence-corrected chi connectivity index (χ4v) is 3.30. The Bertz CT molecular complexity index is 746. The second-order valence-electron chi connectivity index (χ2n) is 6.69. The Morgan fingerprint density at radius 1 is 1.19 bits per heavy atom. The number of aromatic nitrogens is 3. The number of nitrogens with one attached hydrogen (secondary N) is 2. The highest BCUT2D eigenvalue weighted by molar-refractivity contribution is 5.79. The quantitative estimate of drug-likeness (QED) is 0.331. The van der Waals surface area contributed by atoms with Crippen LogP contribution in [0.3, 0.4) is 0 Å². The maximum Gasteiger partial charge on any atom is 0.191 e. The fourth-order valence-electron chi connectivity index (χ4n) is 3.30. The standard InChI is InChI=1S/C20H30N6/c1-2-21-20(23-15-13-17-9-4-3-5-10-17)22-14-8-12-19-25-24-18-11-6-7-16-26(18)19/h6-7,9,11,16H,2-5,8,10,12-15H2,1H3,(H2,21,22,23). The van der Waals surface area contributed by atoms with Gasteiger partial charge in [0, 0.05) is 32.3 Å². The number of aryl methyl sites for hydroxylation is 1. The van der Waals surface area contributed by atoms with Crippen LogP contribution in [-0.4, -0.2) is 40.2 Å². The monoisotopic (exact) mass is 354 g/mol. The van der Waals surface area contributed by atoms with Gasteiger partial charge < -0.3 is 10.6 Å². The van der Waals surface area contributed by atoms with Crippen LogP contribution < -0.4 is 10.6 Å². The summed E-state index contributed by atoms with van der Waals surface area (Å²) in [4.78, 5) is 4.69. The van der Waals surface area contributed by atoms with Gasteiger partial charge in [-0.3, -0.25) is 9.39 Å². The van der Waals surface area contributed by atoms with Crippen LogP contribution in [0.4, 0.5) is 0 Å². The molecule has 0 saturated heterocycles. The number of nitrogens with zero attached hydrogens (tertiary/aromatic N) is 4. The van der Waals surface area contributed by atoms with Crippen molar-refractivity contribution in [3.8, 4) is 0 Å². The van der Waals surface area contributed by atoms with E-state index in [-0.39, 0.29) is 0 Å². The highest BCUT2D eigenvalue weighted by Crippen LogP contribution is 2.19. The van der Waals surface area contributed by atoms with Crippen molar-refractivity contribution in [1.82, 2.24) is 25.2 Å². The lowest BCUT2D eigenvalue weighted by atomic mass is 9.97. The van der Waals surface area contributed by atoms with Crippen LogP contribution in [-0.2, 0) is 6.42 Å². The Morgan fingerprint density at radius 3 is 3.00 bits per heavy atom. The zero-order valence-electron chi connectivity index (χ0n) is 15.7. The van der Waals surface area contributed by atoms with E-state index >= 15 is 0 Å². The molecule has 1 aliphatic carbocycles. The Hall–Kier alpha value is -2.37. The van der Waals surface area contributed by atoms with Crippen LogP contribution in [0.2, 0.25) is 0 Å². The van der Waals surface area contributed by atoms with Crippen molar-refractivity contribution in [2.45, 2.75) is 51.9 Å². The maximum atomic E-state index is 4.69. The molecule has 0 fully saturated rings. The van der Waals surface area contributed by atoms with Gasteiger partial charge in [0.2, 0.25) is 0 Å². The summed E-state index contributed by atoms with van der Waals surface area (Å²) < 4.78 is 2.05. The number of guanidine groups is 1. The van der Waals surface area contributed by atoms with E-state index in [2.05, 4.69) is 33.8 Å². The molecule has 2 aromatic heterocycles. The average molecular weight is 355 g/mol. The Kier molecular flexibility index (Phi) is 7.05. The molecule has 0 amide bonds. The van der Waals surface area contributed by atoms with Gasteiger partial charge in [-0.2, -0.15) is 0 Å². The number of rotatable bonds is 8. The van der Waals surface area contributed by atoms with Gasteiger partial charge in [-0.25, -0.2) is 0 Å². The van der Waals surface area contributed by atoms with Crippen LogP contribution >= 0.6 is 0 Å². The topological polar surface area (TPSA) is 66.6 Å². The molecule has 0 bridgehead atoms. The van der Waals surface area contributed by atoms with Gasteiger partial charge in [-0.15, -0.1) is 10.2 Å². The molecule has 6 heteroatoms. The SMILES string of the molecule is CCNC(=NCCCc1nnc2ccccn12)NCCC1=CCCCC1. The van der Waals surface area contributed by atoms with Crippen molar-refractivity contribution in [2.24, 2.45) is 4.99 Å². The van der Waals surface area contributed by atoms with Crippen LogP contribution in [0.5, 0.6) is 0 Å². The van der Waals surface area contributed by atoms with Gasteiger partial charge in [0.25, 0.3) is 0 Å². The lowest BCUT2D eigenvalue weighted by Crippen LogP contribution is -2.38. The summed E-state index contributed by atoms with van der Waals surface area (Å²) in [6.07, 6.45) is 12.6. The first kappa shape index (κ1) is 18.4. The van der Waals surface area contributed by atoms with E-state index in [4.69, 9.17) is 4.99 Å². The van der Waals surface area contributed by atoms with Crippen LogP contribution in [0.25, 0.3) is 5.65 Å². The van der Waals surface area contributed by atoms with E-state index in [9.17, 15) is 0 Å². The summed E-state index contributed by atoms with van der Waals surface area (Å²) in [6, 6.07) is 5.96. The summed E-state index contributed by atoms with van der Waals surface area (Å²) in [5.41, 5.74) is 2.50. The first-order valence-electron chi connectivity index (χ1n) is 9.85. The number of allylic oxidation sites excluding steroid dienone is 1. The van der Waals surface area contributed by atoms with Crippen molar-refractivity contribution >= 4 is 11.6 Å². The Labute approximate surface area is 155 Å². The molecule has 0 aliphatic heterocycles. The smallest absolute Gasteiger partial charge is 0.191 e. The number of hydrogen-bond donors (Lipinski definition) is 2. The molecule has 0 spiro atoms. The summed E-state index contributed by atoms with van der Waals surface area (Å²) in [7, 11) is 0. The minimum Gasteiger partial charge on any atom is -0.357 e. The third-order valence-electron chi connectivity index (χ3n) is 4.68. The van der Waals surface area contributed by atoms with Gasteiger partial charge in [0.15, 0.2) is 11.6 Å². The third kappa shape index (κ3) is 5.31. The van der Waals surface area contributed by atoms with Crippen molar-refractivity contribution in [1.29, 1.82) is 0 Å². The van der Waals surface area contributed by atoms with E-state index in [1.54, 1.807) is 5.57 Å². The van der Waals surface area contributed by atoms with E-state index in [1.807, 2.05) is 28.8 Å². The van der Waals surface area contributed by atoms with E-state index in [1.165, 1.54) is 25.7 Å². The largest absolute Gasteiger partial charge is 0.357 e. The van der Waals surface area contributed by atoms with Gasteiger partial charge in [0.1, 0.15) is 5.82 Å². The Morgan fingerprint density at radius 2 is 2.15 bits per heavy atom. The normalized spacial score (nSPS) is 15.1. The molecule has 140 valence electrons. The van der Waals surface area contributed by atoms with Gasteiger partial charge in [-0.1, -0.05) is 17.7 Å². The zero-order valence-corrected chi connectivity index (χ0v) is 15.7. The van der Waals surface area contributed by atoms with Gasteiger partial charge >= 0.3 is 0 Å². The summed E-state index contributed by atoms with van der Waals surface area (Å²) in [6.45, 7) is 4.71. The molecule has 3 rings (SSSR count). The molecule has 26 heavy (non-hydrogen) atoms. The van der Waals surface area contributed by atoms with Crippen molar-refractivity contribution in [2.75, 3.05) is 19.6 Å². The lowest BCUT2D eigenvalue weighted by Gasteiger charge is -2.15. The number of aliphatic imine (C=N–C) groups is 1. The van der Waals surface area contributed by atoms with Crippen molar-refractivity contribution in [3.63, 3.8) is 0 Å². The molecule has 0 atom stereocenters. The highest BCUT2D eigenvalue weighted by Gasteiger charge is 2.05. The summed E-state index contributed by atoms with van der Waals surface area (Å²) in [5.74, 6) is 1.91. The van der Waals surface area contributed by atoms with Crippen molar-refractivity contribution < 1.29 is 0 Å². The van der Waals surface area contributed by atoms with Crippen LogP contribution in [0.1, 0.15) is 51.3 Å². The number of fused-ring (bicyclic) bond motifs is 1. The molecular formula is C20H30N6. The van der Waals surface area contributed by atoms with Gasteiger partial charge in [0.05, 0.1) is 0 Å². The lowest BCUT2D eigenvalue weighted by molar-refractivity contribution is 0.665. The van der Waals surface area contributed by atoms with E-state index in [0.717, 1.165) is 56.3 Å². The van der Waals surface area contributed by atoms with Gasteiger partial charge in [-0.05, 0) is 57.6 Å². The highest BCUT2D eigenvalue weighted by atomic mass is 15.2.